The summed E-state index contributed by atoms with van der Waals surface area (Å²) in [6, 6.07) is 0. The van der Waals surface area contributed by atoms with E-state index in [-0.39, 0.29) is 6.73 Å². The van der Waals surface area contributed by atoms with Crippen molar-refractivity contribution >= 4 is 6.09 Å². The first kappa shape index (κ1) is 9.93. The number of nitrogens with one attached hydrogen (secondary N) is 3. The molecule has 5 nitrogen and oxygen atoms in total. The molecule has 0 radical (unpaired) electrons. The Hall–Kier alpha value is -1.07. The third-order valence-corrected chi connectivity index (χ3v) is 0.913. The molecule has 0 bridgehead atoms. The number of hydrogen-bond donors (Lipinski definition) is 3. The van der Waals surface area contributed by atoms with Crippen LogP contribution in [0.25, 0.3) is 0 Å². The molecule has 1 saturated heterocycles. The number of amides is 1. The smallest absolute Gasteiger partial charge is 0.409 e. The van der Waals surface area contributed by atoms with Gasteiger partial charge in [-0.1, -0.05) is 0 Å². The zero-order chi connectivity index (χ0) is 8.53. The first-order valence-electron chi connectivity index (χ1n) is 3.21. The molecule has 1 aliphatic heterocycles. The van der Waals surface area contributed by atoms with Crippen LogP contribution < -0.4 is 16.0 Å². The Morgan fingerprint density at radius 1 is 1.27 bits per heavy atom. The van der Waals surface area contributed by atoms with Gasteiger partial charge in [-0.25, -0.2) is 4.79 Å². The van der Waals surface area contributed by atoms with E-state index in [4.69, 9.17) is 0 Å². The van der Waals surface area contributed by atoms with Gasteiger partial charge in [-0.3, -0.25) is 10.6 Å². The lowest BCUT2D eigenvalue weighted by Crippen LogP contribution is -2.44. The van der Waals surface area contributed by atoms with Crippen molar-refractivity contribution in [1.29, 1.82) is 0 Å². The maximum absolute atomic E-state index is 10.4. The summed E-state index contributed by atoms with van der Waals surface area (Å²) >= 11 is 0. The van der Waals surface area contributed by atoms with Crippen LogP contribution in [0.1, 0.15) is 0 Å². The lowest BCUT2D eigenvalue weighted by atomic mass is 10.8. The van der Waals surface area contributed by atoms with Gasteiger partial charge in [0, 0.05) is 6.67 Å². The number of ether oxygens (including phenoxy) is 1. The van der Waals surface area contributed by atoms with Gasteiger partial charge in [-0.05, 0) is 0 Å². The van der Waals surface area contributed by atoms with Gasteiger partial charge >= 0.3 is 6.09 Å². The van der Waals surface area contributed by atoms with Crippen LogP contribution >= 0.6 is 0 Å². The summed E-state index contributed by atoms with van der Waals surface area (Å²) in [6.07, 6.45) is -0.394. The van der Waals surface area contributed by atoms with Crippen molar-refractivity contribution in [2.24, 2.45) is 0 Å². The van der Waals surface area contributed by atoms with Crippen molar-refractivity contribution in [1.82, 2.24) is 16.0 Å². The van der Waals surface area contributed by atoms with Crippen LogP contribution in [-0.4, -0.2) is 26.2 Å². The fourth-order valence-corrected chi connectivity index (χ4v) is 0.504. The third kappa shape index (κ3) is 5.38. The third-order valence-electron chi connectivity index (χ3n) is 0.913. The van der Waals surface area contributed by atoms with Crippen molar-refractivity contribution in [3.05, 3.63) is 13.2 Å². The Kier molecular flexibility index (Phi) is 6.36. The predicted molar refractivity (Wildman–Crippen MR) is 41.7 cm³/mol. The number of carbonyl (C=O) groups is 1. The van der Waals surface area contributed by atoms with Crippen LogP contribution in [0.5, 0.6) is 0 Å². The molecule has 0 atom stereocenters. The second-order valence-corrected chi connectivity index (χ2v) is 1.61. The molecule has 0 aromatic carbocycles. The summed E-state index contributed by atoms with van der Waals surface area (Å²) in [5.74, 6) is 0. The first-order chi connectivity index (χ1) is 5.39. The standard InChI is InChI=1S/C4H9N3O2.C2H4/c8-4-7-2-5-1-6-3-9-4;1-2/h5-6H,1-3H2,(H,7,8);1-2H2. The van der Waals surface area contributed by atoms with E-state index in [2.05, 4.69) is 33.8 Å². The highest BCUT2D eigenvalue weighted by Crippen LogP contribution is 1.74. The molecule has 0 aromatic heterocycles. The Morgan fingerprint density at radius 3 is 2.73 bits per heavy atom. The highest BCUT2D eigenvalue weighted by atomic mass is 16.6. The van der Waals surface area contributed by atoms with Crippen molar-refractivity contribution < 1.29 is 9.53 Å². The summed E-state index contributed by atoms with van der Waals surface area (Å²) in [4.78, 5) is 10.4. The molecule has 11 heavy (non-hydrogen) atoms. The molecule has 0 spiro atoms. The SMILES string of the molecule is C=C.O=C1NCNCNCO1. The zero-order valence-corrected chi connectivity index (χ0v) is 6.35. The van der Waals surface area contributed by atoms with Crippen LogP contribution in [-0.2, 0) is 4.74 Å². The molecule has 1 heterocycles. The van der Waals surface area contributed by atoms with Crippen LogP contribution in [0.2, 0.25) is 0 Å². The van der Waals surface area contributed by atoms with Crippen molar-refractivity contribution in [2.45, 2.75) is 0 Å². The highest BCUT2D eigenvalue weighted by molar-refractivity contribution is 5.66. The quantitative estimate of drug-likeness (QED) is 0.420. The molecule has 1 amide bonds. The number of carbonyl (C=O) groups excluding carboxylic acids is 1. The number of alkyl carbamates (subject to hydrolysis) is 1. The average molecular weight is 159 g/mol. The number of hydrogen-bond acceptors (Lipinski definition) is 4. The lowest BCUT2D eigenvalue weighted by Gasteiger charge is -2.12. The van der Waals surface area contributed by atoms with Crippen LogP contribution in [0, 0.1) is 0 Å². The molecule has 1 fully saturated rings. The second-order valence-electron chi connectivity index (χ2n) is 1.61. The molecule has 3 N–H and O–H groups in total. The minimum absolute atomic E-state index is 0.263. The minimum Gasteiger partial charge on any atom is -0.434 e. The summed E-state index contributed by atoms with van der Waals surface area (Å²) in [6.45, 7) is 7.37. The summed E-state index contributed by atoms with van der Waals surface area (Å²) < 4.78 is 4.58. The lowest BCUT2D eigenvalue weighted by molar-refractivity contribution is 0.129. The molecule has 0 saturated carbocycles. The Morgan fingerprint density at radius 2 is 2.00 bits per heavy atom. The average Bonchev–Trinajstić information content (AvgIpc) is 2.01. The fourth-order valence-electron chi connectivity index (χ4n) is 0.504. The van der Waals surface area contributed by atoms with Crippen molar-refractivity contribution in [3.8, 4) is 0 Å². The molecule has 0 unspecified atom stereocenters. The first-order valence-corrected chi connectivity index (χ1v) is 3.21. The van der Waals surface area contributed by atoms with E-state index in [0.29, 0.717) is 13.3 Å². The molecular formula is C6H13N3O2. The molecule has 64 valence electrons. The fraction of sp³-hybridized carbons (Fsp3) is 0.500. The van der Waals surface area contributed by atoms with Gasteiger partial charge in [0.25, 0.3) is 0 Å². The Labute approximate surface area is 65.8 Å². The number of cyclic esters (lactones) is 1. The number of rotatable bonds is 0. The molecule has 1 aliphatic rings. The van der Waals surface area contributed by atoms with E-state index in [1.807, 2.05) is 0 Å². The van der Waals surface area contributed by atoms with Gasteiger partial charge < -0.3 is 10.1 Å². The molecule has 1 rings (SSSR count). The summed E-state index contributed by atoms with van der Waals surface area (Å²) in [5, 5.41) is 8.19. The summed E-state index contributed by atoms with van der Waals surface area (Å²) in [7, 11) is 0. The molecular weight excluding hydrogens is 146 g/mol. The molecule has 5 heteroatoms. The van der Waals surface area contributed by atoms with Crippen LogP contribution in [0.4, 0.5) is 4.79 Å². The molecule has 0 aliphatic carbocycles. The molecule has 0 aromatic rings. The van der Waals surface area contributed by atoms with Gasteiger partial charge in [0.2, 0.25) is 0 Å². The van der Waals surface area contributed by atoms with E-state index in [9.17, 15) is 4.79 Å². The monoisotopic (exact) mass is 159 g/mol. The van der Waals surface area contributed by atoms with Crippen molar-refractivity contribution in [2.75, 3.05) is 20.1 Å². The Balaban J connectivity index is 0.000000461. The van der Waals surface area contributed by atoms with Gasteiger partial charge in [-0.2, -0.15) is 0 Å². The summed E-state index contributed by atoms with van der Waals surface area (Å²) in [5.41, 5.74) is 0. The van der Waals surface area contributed by atoms with Crippen molar-refractivity contribution in [3.63, 3.8) is 0 Å². The largest absolute Gasteiger partial charge is 0.434 e. The van der Waals surface area contributed by atoms with E-state index in [1.54, 1.807) is 0 Å². The maximum Gasteiger partial charge on any atom is 0.409 e. The normalized spacial score (nSPS) is 17.6. The highest BCUT2D eigenvalue weighted by Gasteiger charge is 2.01. The van der Waals surface area contributed by atoms with E-state index >= 15 is 0 Å². The van der Waals surface area contributed by atoms with Gasteiger partial charge in [0.15, 0.2) is 0 Å². The van der Waals surface area contributed by atoms with Gasteiger partial charge in [-0.15, -0.1) is 13.2 Å². The second kappa shape index (κ2) is 7.04. The van der Waals surface area contributed by atoms with Crippen LogP contribution in [0.3, 0.4) is 0 Å². The predicted octanol–water partition coefficient (Wildman–Crippen LogP) is -0.420. The van der Waals surface area contributed by atoms with E-state index in [1.165, 1.54) is 0 Å². The maximum atomic E-state index is 10.4. The van der Waals surface area contributed by atoms with Crippen LogP contribution in [0.15, 0.2) is 13.2 Å². The van der Waals surface area contributed by atoms with Gasteiger partial charge in [0.05, 0.1) is 6.67 Å². The van der Waals surface area contributed by atoms with Gasteiger partial charge in [0.1, 0.15) is 6.73 Å². The Bertz CT molecular complexity index is 108. The topological polar surface area (TPSA) is 62.4 Å². The minimum atomic E-state index is -0.394. The van der Waals surface area contributed by atoms with E-state index in [0.717, 1.165) is 0 Å². The van der Waals surface area contributed by atoms with E-state index < -0.39 is 6.09 Å². The zero-order valence-electron chi connectivity index (χ0n) is 6.35.